The molecule has 2 aromatic carbocycles. The summed E-state index contributed by atoms with van der Waals surface area (Å²) in [5, 5.41) is 6.05. The molecule has 0 atom stereocenters. The van der Waals surface area contributed by atoms with Crippen LogP contribution in [0.1, 0.15) is 21.5 Å². The number of carbonyl (C=O) groups excluding carboxylic acids is 1. The molecule has 0 unspecified atom stereocenters. The Labute approximate surface area is 113 Å². The fraction of sp³-hybridized carbons (Fsp3) is 0.188. The predicted molar refractivity (Wildman–Crippen MR) is 78.3 cm³/mol. The monoisotopic (exact) mass is 254 g/mol. The Morgan fingerprint density at radius 2 is 1.74 bits per heavy atom. The molecule has 0 heterocycles. The van der Waals surface area contributed by atoms with E-state index in [1.807, 2.05) is 62.5 Å². The molecule has 0 fully saturated rings. The third-order valence-corrected chi connectivity index (χ3v) is 2.95. The number of rotatable bonds is 4. The molecule has 1 amide bonds. The van der Waals surface area contributed by atoms with Crippen LogP contribution in [-0.4, -0.2) is 13.0 Å². The minimum Gasteiger partial charge on any atom is -0.322 e. The van der Waals surface area contributed by atoms with Gasteiger partial charge in [-0.3, -0.25) is 4.79 Å². The molecule has 3 nitrogen and oxygen atoms in total. The lowest BCUT2D eigenvalue weighted by Crippen LogP contribution is -2.15. The maximum absolute atomic E-state index is 12.2. The van der Waals surface area contributed by atoms with Crippen molar-refractivity contribution in [3.63, 3.8) is 0 Å². The first kappa shape index (κ1) is 13.3. The van der Waals surface area contributed by atoms with E-state index in [1.165, 1.54) is 0 Å². The molecular formula is C16H18N2O. The first-order chi connectivity index (χ1) is 9.20. The number of para-hydroxylation sites is 1. The molecule has 0 saturated carbocycles. The Kier molecular flexibility index (Phi) is 4.31. The first-order valence-electron chi connectivity index (χ1n) is 6.31. The van der Waals surface area contributed by atoms with E-state index in [4.69, 9.17) is 0 Å². The number of benzene rings is 2. The van der Waals surface area contributed by atoms with E-state index in [1.54, 1.807) is 0 Å². The molecule has 2 N–H and O–H groups in total. The third kappa shape index (κ3) is 3.42. The number of nitrogens with one attached hydrogen (secondary N) is 2. The van der Waals surface area contributed by atoms with Crippen molar-refractivity contribution < 1.29 is 4.79 Å². The van der Waals surface area contributed by atoms with Crippen LogP contribution in [0, 0.1) is 6.92 Å². The number of amides is 1. The van der Waals surface area contributed by atoms with Gasteiger partial charge in [-0.15, -0.1) is 0 Å². The van der Waals surface area contributed by atoms with E-state index in [0.717, 1.165) is 23.4 Å². The van der Waals surface area contributed by atoms with E-state index in [2.05, 4.69) is 10.6 Å². The smallest absolute Gasteiger partial charge is 0.255 e. The zero-order valence-electron chi connectivity index (χ0n) is 11.2. The fourth-order valence-corrected chi connectivity index (χ4v) is 1.89. The maximum Gasteiger partial charge on any atom is 0.255 e. The number of hydrogen-bond acceptors (Lipinski definition) is 2. The molecule has 0 spiro atoms. The number of carbonyl (C=O) groups is 1. The summed E-state index contributed by atoms with van der Waals surface area (Å²) in [5.41, 5.74) is 3.74. The standard InChI is InChI=1S/C16H18N2O/c1-12-7-9-13(10-8-12)16(19)18-15-6-4-3-5-14(15)11-17-2/h3-10,17H,11H2,1-2H3,(H,18,19). The average molecular weight is 254 g/mol. The van der Waals surface area contributed by atoms with Crippen molar-refractivity contribution in [1.29, 1.82) is 0 Å². The molecule has 0 aromatic heterocycles. The molecule has 19 heavy (non-hydrogen) atoms. The van der Waals surface area contributed by atoms with Gasteiger partial charge in [0.15, 0.2) is 0 Å². The van der Waals surface area contributed by atoms with E-state index in [-0.39, 0.29) is 5.91 Å². The Morgan fingerprint density at radius 3 is 2.42 bits per heavy atom. The Morgan fingerprint density at radius 1 is 1.05 bits per heavy atom. The van der Waals surface area contributed by atoms with Crippen molar-refractivity contribution in [2.45, 2.75) is 13.5 Å². The second kappa shape index (κ2) is 6.16. The third-order valence-electron chi connectivity index (χ3n) is 2.95. The highest BCUT2D eigenvalue weighted by Gasteiger charge is 2.08. The predicted octanol–water partition coefficient (Wildman–Crippen LogP) is 2.97. The Balaban J connectivity index is 2.16. The summed E-state index contributed by atoms with van der Waals surface area (Å²) in [6, 6.07) is 15.4. The second-order valence-electron chi connectivity index (χ2n) is 4.51. The summed E-state index contributed by atoms with van der Waals surface area (Å²) in [6.45, 7) is 2.73. The average Bonchev–Trinajstić information content (AvgIpc) is 2.42. The quantitative estimate of drug-likeness (QED) is 0.880. The summed E-state index contributed by atoms with van der Waals surface area (Å²) >= 11 is 0. The molecule has 0 aliphatic carbocycles. The zero-order valence-corrected chi connectivity index (χ0v) is 11.2. The molecule has 3 heteroatoms. The Bertz CT molecular complexity index is 561. The lowest BCUT2D eigenvalue weighted by molar-refractivity contribution is 0.102. The number of hydrogen-bond donors (Lipinski definition) is 2. The van der Waals surface area contributed by atoms with Crippen molar-refractivity contribution in [2.24, 2.45) is 0 Å². The summed E-state index contributed by atoms with van der Waals surface area (Å²) in [5.74, 6) is -0.0800. The van der Waals surface area contributed by atoms with Gasteiger partial charge in [-0.2, -0.15) is 0 Å². The lowest BCUT2D eigenvalue weighted by Gasteiger charge is -2.10. The van der Waals surface area contributed by atoms with Crippen LogP contribution >= 0.6 is 0 Å². The van der Waals surface area contributed by atoms with Crippen LogP contribution in [-0.2, 0) is 6.54 Å². The van der Waals surface area contributed by atoms with Crippen LogP contribution in [0.25, 0.3) is 0 Å². The van der Waals surface area contributed by atoms with Crippen LogP contribution in [0.2, 0.25) is 0 Å². The van der Waals surface area contributed by atoms with E-state index >= 15 is 0 Å². The van der Waals surface area contributed by atoms with Crippen LogP contribution in [0.4, 0.5) is 5.69 Å². The van der Waals surface area contributed by atoms with Crippen molar-refractivity contribution in [1.82, 2.24) is 5.32 Å². The number of aryl methyl sites for hydroxylation is 1. The van der Waals surface area contributed by atoms with Crippen LogP contribution in [0.5, 0.6) is 0 Å². The summed E-state index contributed by atoms with van der Waals surface area (Å²) in [6.07, 6.45) is 0. The normalized spacial score (nSPS) is 10.2. The molecule has 0 bridgehead atoms. The highest BCUT2D eigenvalue weighted by Crippen LogP contribution is 2.16. The largest absolute Gasteiger partial charge is 0.322 e. The first-order valence-corrected chi connectivity index (χ1v) is 6.31. The fourth-order valence-electron chi connectivity index (χ4n) is 1.89. The molecule has 0 aliphatic heterocycles. The van der Waals surface area contributed by atoms with Gasteiger partial charge in [0.05, 0.1) is 0 Å². The summed E-state index contributed by atoms with van der Waals surface area (Å²) in [4.78, 5) is 12.2. The minimum absolute atomic E-state index is 0.0800. The van der Waals surface area contributed by atoms with Crippen molar-refractivity contribution in [3.8, 4) is 0 Å². The van der Waals surface area contributed by atoms with Gasteiger partial charge in [-0.1, -0.05) is 35.9 Å². The van der Waals surface area contributed by atoms with E-state index < -0.39 is 0 Å². The van der Waals surface area contributed by atoms with Crippen molar-refractivity contribution >= 4 is 11.6 Å². The minimum atomic E-state index is -0.0800. The highest BCUT2D eigenvalue weighted by atomic mass is 16.1. The molecule has 0 radical (unpaired) electrons. The molecule has 2 aromatic rings. The number of anilines is 1. The van der Waals surface area contributed by atoms with Crippen LogP contribution in [0.15, 0.2) is 48.5 Å². The van der Waals surface area contributed by atoms with Gasteiger partial charge in [0, 0.05) is 17.8 Å². The van der Waals surface area contributed by atoms with Gasteiger partial charge in [0.1, 0.15) is 0 Å². The SMILES string of the molecule is CNCc1ccccc1NC(=O)c1ccc(C)cc1. The summed E-state index contributed by atoms with van der Waals surface area (Å²) < 4.78 is 0. The van der Waals surface area contributed by atoms with E-state index in [0.29, 0.717) is 5.56 Å². The summed E-state index contributed by atoms with van der Waals surface area (Å²) in [7, 11) is 1.89. The molecular weight excluding hydrogens is 236 g/mol. The van der Waals surface area contributed by atoms with Gasteiger partial charge >= 0.3 is 0 Å². The van der Waals surface area contributed by atoms with Gasteiger partial charge in [-0.25, -0.2) is 0 Å². The van der Waals surface area contributed by atoms with Gasteiger partial charge in [0.25, 0.3) is 5.91 Å². The molecule has 0 saturated heterocycles. The topological polar surface area (TPSA) is 41.1 Å². The molecule has 2 rings (SSSR count). The van der Waals surface area contributed by atoms with Crippen LogP contribution in [0.3, 0.4) is 0 Å². The van der Waals surface area contributed by atoms with Crippen molar-refractivity contribution in [3.05, 3.63) is 65.2 Å². The second-order valence-corrected chi connectivity index (χ2v) is 4.51. The maximum atomic E-state index is 12.2. The lowest BCUT2D eigenvalue weighted by atomic mass is 10.1. The van der Waals surface area contributed by atoms with Gasteiger partial charge < -0.3 is 10.6 Å². The van der Waals surface area contributed by atoms with Crippen LogP contribution < -0.4 is 10.6 Å². The highest BCUT2D eigenvalue weighted by molar-refractivity contribution is 6.04. The Hall–Kier alpha value is -2.13. The van der Waals surface area contributed by atoms with Crippen molar-refractivity contribution in [2.75, 3.05) is 12.4 Å². The van der Waals surface area contributed by atoms with Gasteiger partial charge in [-0.05, 0) is 37.7 Å². The zero-order chi connectivity index (χ0) is 13.7. The van der Waals surface area contributed by atoms with Gasteiger partial charge in [0.2, 0.25) is 0 Å². The van der Waals surface area contributed by atoms with E-state index in [9.17, 15) is 4.79 Å². The molecule has 98 valence electrons. The molecule has 0 aliphatic rings.